The molecular formula is C48H72O12. The maximum atomic E-state index is 7.28. The SMILES string of the molecule is CCC=CCC12OC3(CC=CCC)OC4(CC=CCC)OC(CC=CCC)(O1)OC1(CC=CCC)OC(CC=CCC)(O2)OC(CC=CCC)(O3)OC(CC=CCC)(O4)O1. The second-order valence-electron chi connectivity index (χ2n) is 15.4. The van der Waals surface area contributed by atoms with E-state index >= 15 is 0 Å². The first-order valence-electron chi connectivity index (χ1n) is 22.6. The lowest BCUT2D eigenvalue weighted by atomic mass is 10.1. The molecule has 0 aromatic carbocycles. The zero-order valence-electron chi connectivity index (χ0n) is 37.5. The molecule has 336 valence electrons. The monoisotopic (exact) mass is 841 g/mol. The van der Waals surface area contributed by atoms with Crippen LogP contribution in [0.25, 0.3) is 0 Å². The van der Waals surface area contributed by atoms with Crippen molar-refractivity contribution in [2.75, 3.05) is 0 Å². The Morgan fingerprint density at radius 2 is 0.283 bits per heavy atom. The summed E-state index contributed by atoms with van der Waals surface area (Å²) in [6.07, 6.45) is 37.2. The first kappa shape index (κ1) is 48.5. The van der Waals surface area contributed by atoms with Crippen molar-refractivity contribution in [3.8, 4) is 0 Å². The van der Waals surface area contributed by atoms with Crippen LogP contribution < -0.4 is 0 Å². The summed E-state index contributed by atoms with van der Waals surface area (Å²) in [6, 6.07) is 0. The molecular weight excluding hydrogens is 769 g/mol. The molecule has 12 heteroatoms. The van der Waals surface area contributed by atoms with Crippen LogP contribution in [0.5, 0.6) is 0 Å². The molecule has 0 aromatic rings. The smallest absolute Gasteiger partial charge is 0.269 e. The van der Waals surface area contributed by atoms with Crippen LogP contribution in [0.3, 0.4) is 0 Å². The molecule has 6 saturated heterocycles. The van der Waals surface area contributed by atoms with Crippen molar-refractivity contribution in [1.82, 2.24) is 0 Å². The third-order valence-electron chi connectivity index (χ3n) is 9.89. The van der Waals surface area contributed by atoms with Crippen LogP contribution in [0.4, 0.5) is 0 Å². The average Bonchev–Trinajstić information content (AvgIpc) is 3.16. The summed E-state index contributed by atoms with van der Waals surface area (Å²) in [7, 11) is 0. The first-order chi connectivity index (χ1) is 29.0. The molecule has 0 saturated carbocycles. The highest BCUT2D eigenvalue weighted by Crippen LogP contribution is 2.60. The predicted octanol–water partition coefficient (Wildman–Crippen LogP) is 12.3. The van der Waals surface area contributed by atoms with Crippen LogP contribution in [-0.2, 0) is 56.8 Å². The van der Waals surface area contributed by atoms with Crippen LogP contribution in [0.15, 0.2) is 97.2 Å². The molecule has 0 radical (unpaired) electrons. The van der Waals surface area contributed by atoms with Gasteiger partial charge in [0.2, 0.25) is 0 Å². The number of ether oxygens (including phenoxy) is 12. The molecule has 0 spiro atoms. The highest BCUT2D eigenvalue weighted by atomic mass is 17.2. The lowest BCUT2D eigenvalue weighted by molar-refractivity contribution is -0.789. The fraction of sp³-hybridized carbons (Fsp3) is 0.667. The largest absolute Gasteiger partial charge is 0.299 e. The minimum atomic E-state index is -2.10. The van der Waals surface area contributed by atoms with Gasteiger partial charge in [-0.25, -0.2) is 0 Å². The van der Waals surface area contributed by atoms with Gasteiger partial charge < -0.3 is 0 Å². The van der Waals surface area contributed by atoms with Gasteiger partial charge in [-0.1, -0.05) is 153 Å². The maximum absolute atomic E-state index is 7.28. The molecule has 60 heavy (non-hydrogen) atoms. The van der Waals surface area contributed by atoms with Gasteiger partial charge in [0, 0.05) is 51.4 Å². The quantitative estimate of drug-likeness (QED) is 0.0863. The third kappa shape index (κ3) is 11.9. The molecule has 6 rings (SSSR count). The average molecular weight is 841 g/mol. The second-order valence-corrected chi connectivity index (χ2v) is 15.4. The summed E-state index contributed by atoms with van der Waals surface area (Å²) >= 11 is 0. The van der Waals surface area contributed by atoms with Gasteiger partial charge in [0.25, 0.3) is 47.8 Å². The standard InChI is InChI=1S/C48H72O12/c1-9-17-25-33-41-49-42(34-26-18-10-2)52-45(37-29-21-13-5)54-43(50-41,35-27-19-11-3)56-47(39-31-23-15-7)57-44(51-41,36-28-20-12-4)55-46(53-42,38-30-22-14-6)59-48(58-45,60-47)40-32-24-16-8/h17-32H,9-16,33-40H2,1-8H3. The Bertz CT molecular complexity index is 1170. The third-order valence-corrected chi connectivity index (χ3v) is 9.89. The topological polar surface area (TPSA) is 111 Å². The van der Waals surface area contributed by atoms with E-state index < -0.39 is 47.8 Å². The van der Waals surface area contributed by atoms with Crippen LogP contribution in [0.2, 0.25) is 0 Å². The van der Waals surface area contributed by atoms with Crippen LogP contribution in [0.1, 0.15) is 158 Å². The molecule has 0 unspecified atom stereocenters. The van der Waals surface area contributed by atoms with E-state index in [0.29, 0.717) is 0 Å². The summed E-state index contributed by atoms with van der Waals surface area (Å²) in [6.45, 7) is 16.3. The Labute approximate surface area is 359 Å². The fourth-order valence-corrected chi connectivity index (χ4v) is 7.50. The molecule has 0 atom stereocenters. The number of hydrogen-bond donors (Lipinski definition) is 0. The van der Waals surface area contributed by atoms with Gasteiger partial charge in [-0.3, -0.25) is 56.8 Å². The molecule has 0 aliphatic carbocycles. The van der Waals surface area contributed by atoms with Gasteiger partial charge in [-0.15, -0.1) is 0 Å². The van der Waals surface area contributed by atoms with Gasteiger partial charge in [0.05, 0.1) is 0 Å². The molecule has 0 N–H and O–H groups in total. The summed E-state index contributed by atoms with van der Waals surface area (Å²) < 4.78 is 87.3. The molecule has 6 heterocycles. The highest BCUT2D eigenvalue weighted by Gasteiger charge is 2.76. The minimum Gasteiger partial charge on any atom is -0.269 e. The molecule has 0 amide bonds. The lowest BCUT2D eigenvalue weighted by Gasteiger charge is -2.65. The van der Waals surface area contributed by atoms with Crippen molar-refractivity contribution in [1.29, 1.82) is 0 Å². The zero-order chi connectivity index (χ0) is 43.1. The highest BCUT2D eigenvalue weighted by molar-refractivity contribution is 5.02. The number of allylic oxidation sites excluding steroid dienone is 8. The summed E-state index contributed by atoms with van der Waals surface area (Å²) in [5, 5.41) is 0. The van der Waals surface area contributed by atoms with Crippen molar-refractivity contribution < 1.29 is 56.8 Å². The number of hydrogen-bond acceptors (Lipinski definition) is 12. The van der Waals surface area contributed by atoms with Crippen molar-refractivity contribution in [2.24, 2.45) is 0 Å². The van der Waals surface area contributed by atoms with E-state index in [-0.39, 0.29) is 51.4 Å². The van der Waals surface area contributed by atoms with Gasteiger partial charge in [0.1, 0.15) is 0 Å². The van der Waals surface area contributed by atoms with E-state index in [0.717, 1.165) is 51.4 Å². The van der Waals surface area contributed by atoms with E-state index in [9.17, 15) is 0 Å². The Kier molecular flexibility index (Phi) is 17.5. The molecule has 6 fully saturated rings. The van der Waals surface area contributed by atoms with E-state index in [4.69, 9.17) is 56.8 Å². The van der Waals surface area contributed by atoms with Crippen LogP contribution in [0, 0.1) is 0 Å². The van der Waals surface area contributed by atoms with Gasteiger partial charge in [-0.05, 0) is 51.4 Å². The normalized spacial score (nSPS) is 38.3. The van der Waals surface area contributed by atoms with Crippen molar-refractivity contribution in [3.05, 3.63) is 97.2 Å². The summed E-state index contributed by atoms with van der Waals surface area (Å²) in [5.74, 6) is -16.8. The van der Waals surface area contributed by atoms with Crippen LogP contribution in [-0.4, -0.2) is 47.8 Å². The Morgan fingerprint density at radius 1 is 0.183 bits per heavy atom. The Balaban J connectivity index is 1.97. The molecule has 0 aromatic heterocycles. The van der Waals surface area contributed by atoms with Crippen molar-refractivity contribution in [2.45, 2.75) is 206 Å². The van der Waals surface area contributed by atoms with Gasteiger partial charge >= 0.3 is 0 Å². The van der Waals surface area contributed by atoms with E-state index in [1.165, 1.54) is 0 Å². The van der Waals surface area contributed by atoms with Crippen LogP contribution >= 0.6 is 0 Å². The fourth-order valence-electron chi connectivity index (χ4n) is 7.50. The maximum Gasteiger partial charge on any atom is 0.299 e. The Morgan fingerprint density at radius 3 is 0.367 bits per heavy atom. The molecule has 6 aliphatic heterocycles. The van der Waals surface area contributed by atoms with Gasteiger partial charge in [0.15, 0.2) is 0 Å². The van der Waals surface area contributed by atoms with E-state index in [2.05, 4.69) is 0 Å². The predicted molar refractivity (Wildman–Crippen MR) is 227 cm³/mol. The molecule has 8 bridgehead atoms. The van der Waals surface area contributed by atoms with Crippen molar-refractivity contribution in [3.63, 3.8) is 0 Å². The summed E-state index contributed by atoms with van der Waals surface area (Å²) in [4.78, 5) is 0. The van der Waals surface area contributed by atoms with E-state index in [1.807, 2.05) is 153 Å². The Hall–Kier alpha value is -2.56. The minimum absolute atomic E-state index is 0.00720. The second kappa shape index (κ2) is 21.7. The number of rotatable bonds is 24. The van der Waals surface area contributed by atoms with E-state index in [1.54, 1.807) is 0 Å². The molecule has 12 nitrogen and oxygen atoms in total. The zero-order valence-corrected chi connectivity index (χ0v) is 37.5. The molecule has 6 aliphatic rings. The lowest BCUT2D eigenvalue weighted by Crippen LogP contribution is -2.79. The first-order valence-corrected chi connectivity index (χ1v) is 22.6. The van der Waals surface area contributed by atoms with Crippen molar-refractivity contribution >= 4 is 0 Å². The summed E-state index contributed by atoms with van der Waals surface area (Å²) in [5.41, 5.74) is 0. The van der Waals surface area contributed by atoms with Gasteiger partial charge in [-0.2, -0.15) is 0 Å².